The number of sulfonamides is 2. The van der Waals surface area contributed by atoms with E-state index in [2.05, 4.69) is 10.0 Å². The number of halogens is 1. The topological polar surface area (TPSA) is 105 Å². The maximum atomic E-state index is 13.1. The molecule has 150 valence electrons. The second-order valence-corrected chi connectivity index (χ2v) is 9.78. The Morgan fingerprint density at radius 3 is 2.54 bits per heavy atom. The van der Waals surface area contributed by atoms with Gasteiger partial charge in [-0.3, -0.25) is 4.72 Å². The smallest absolute Gasteiger partial charge is 0.245 e. The quantitative estimate of drug-likeness (QED) is 0.678. The summed E-state index contributed by atoms with van der Waals surface area (Å²) in [5, 5.41) is 3.10. The first-order chi connectivity index (χ1) is 11.7. The molecule has 1 aromatic rings. The monoisotopic (exact) mass is 427 g/mol. The van der Waals surface area contributed by atoms with E-state index in [9.17, 15) is 16.8 Å². The highest BCUT2D eigenvalue weighted by atomic mass is 35.5. The number of methoxy groups -OCH3 is 1. The fourth-order valence-corrected chi connectivity index (χ4v) is 5.08. The first kappa shape index (κ1) is 23.0. The summed E-state index contributed by atoms with van der Waals surface area (Å²) in [4.78, 5) is -0.0675. The highest BCUT2D eigenvalue weighted by molar-refractivity contribution is 7.93. The minimum atomic E-state index is -3.83. The Bertz CT molecular complexity index is 815. The van der Waals surface area contributed by atoms with Gasteiger partial charge in [0.25, 0.3) is 0 Å². The lowest BCUT2D eigenvalue weighted by Gasteiger charge is -2.32. The summed E-state index contributed by atoms with van der Waals surface area (Å²) in [6.07, 6.45) is 1.65. The van der Waals surface area contributed by atoms with Crippen molar-refractivity contribution in [3.63, 3.8) is 0 Å². The third kappa shape index (κ3) is 5.23. The summed E-state index contributed by atoms with van der Waals surface area (Å²) in [7, 11) is -4.22. The minimum Gasteiger partial charge on any atom is -0.497 e. The van der Waals surface area contributed by atoms with Gasteiger partial charge in [0.15, 0.2) is 0 Å². The summed E-state index contributed by atoms with van der Waals surface area (Å²) >= 11 is 0. The predicted octanol–water partition coefficient (Wildman–Crippen LogP) is 1.25. The molecule has 1 saturated heterocycles. The molecule has 0 aromatic heterocycles. The molecule has 1 unspecified atom stereocenters. The van der Waals surface area contributed by atoms with Gasteiger partial charge in [-0.15, -0.1) is 12.4 Å². The predicted molar refractivity (Wildman–Crippen MR) is 104 cm³/mol. The van der Waals surface area contributed by atoms with Crippen LogP contribution in [0.15, 0.2) is 23.1 Å². The van der Waals surface area contributed by atoms with Crippen LogP contribution in [0.2, 0.25) is 0 Å². The van der Waals surface area contributed by atoms with E-state index in [4.69, 9.17) is 4.74 Å². The van der Waals surface area contributed by atoms with Crippen LogP contribution in [0.3, 0.4) is 0 Å². The van der Waals surface area contributed by atoms with Gasteiger partial charge in [0.05, 0.1) is 18.6 Å². The largest absolute Gasteiger partial charge is 0.497 e. The number of ether oxygens (including phenoxy) is 1. The number of rotatable bonds is 7. The summed E-state index contributed by atoms with van der Waals surface area (Å²) in [6, 6.07) is 4.36. The first-order valence-electron chi connectivity index (χ1n) is 8.09. The average molecular weight is 428 g/mol. The lowest BCUT2D eigenvalue weighted by Crippen LogP contribution is -2.47. The lowest BCUT2D eigenvalue weighted by atomic mass is 10.1. The Morgan fingerprint density at radius 2 is 1.96 bits per heavy atom. The van der Waals surface area contributed by atoms with E-state index in [1.165, 1.54) is 36.5 Å². The lowest BCUT2D eigenvalue weighted by molar-refractivity contribution is 0.293. The zero-order chi connectivity index (χ0) is 18.7. The van der Waals surface area contributed by atoms with Crippen LogP contribution >= 0.6 is 12.4 Å². The minimum absolute atomic E-state index is 0. The third-order valence-corrected chi connectivity index (χ3v) is 7.46. The summed E-state index contributed by atoms with van der Waals surface area (Å²) in [5.41, 5.74) is 0.00720. The molecule has 0 spiro atoms. The molecule has 1 atom stereocenters. The van der Waals surface area contributed by atoms with Crippen molar-refractivity contribution < 1.29 is 21.6 Å². The standard InChI is InChI=1S/C15H25N3O5S2.ClH/c1-4-24(19,20)17-14-10-13(23-3)7-8-15(14)25(21,22)18-9-5-6-12(11-18)16-2;/h7-8,10,12,16-17H,4-6,9,11H2,1-3H3;1H. The van der Waals surface area contributed by atoms with Crippen molar-refractivity contribution in [2.24, 2.45) is 0 Å². The van der Waals surface area contributed by atoms with Crippen LogP contribution in [0.1, 0.15) is 19.8 Å². The van der Waals surface area contributed by atoms with Gasteiger partial charge in [-0.05, 0) is 38.9 Å². The van der Waals surface area contributed by atoms with Gasteiger partial charge in [-0.1, -0.05) is 0 Å². The number of likely N-dealkylation sites (N-methyl/N-ethyl adjacent to an activating group) is 1. The highest BCUT2D eigenvalue weighted by Gasteiger charge is 2.32. The van der Waals surface area contributed by atoms with Crippen molar-refractivity contribution in [2.75, 3.05) is 37.7 Å². The molecule has 8 nitrogen and oxygen atoms in total. The number of nitrogens with one attached hydrogen (secondary N) is 2. The van der Waals surface area contributed by atoms with E-state index in [-0.39, 0.29) is 34.8 Å². The average Bonchev–Trinajstić information content (AvgIpc) is 2.61. The maximum absolute atomic E-state index is 13.1. The molecule has 1 aliphatic heterocycles. The van der Waals surface area contributed by atoms with Gasteiger partial charge >= 0.3 is 0 Å². The molecule has 1 fully saturated rings. The van der Waals surface area contributed by atoms with Crippen LogP contribution in [0.25, 0.3) is 0 Å². The van der Waals surface area contributed by atoms with Crippen molar-refractivity contribution in [3.8, 4) is 5.75 Å². The Labute approximate surface area is 161 Å². The molecule has 0 aliphatic carbocycles. The molecule has 2 N–H and O–H groups in total. The molecule has 1 aliphatic rings. The molecule has 1 heterocycles. The van der Waals surface area contributed by atoms with Gasteiger partial charge < -0.3 is 10.1 Å². The van der Waals surface area contributed by atoms with E-state index in [1.54, 1.807) is 7.05 Å². The van der Waals surface area contributed by atoms with E-state index in [0.29, 0.717) is 18.8 Å². The van der Waals surface area contributed by atoms with Crippen molar-refractivity contribution in [3.05, 3.63) is 18.2 Å². The Hall–Kier alpha value is -1.07. The van der Waals surface area contributed by atoms with Crippen LogP contribution in [0, 0.1) is 0 Å². The first-order valence-corrected chi connectivity index (χ1v) is 11.2. The van der Waals surface area contributed by atoms with E-state index < -0.39 is 20.0 Å². The van der Waals surface area contributed by atoms with Crippen LogP contribution in [-0.4, -0.2) is 60.2 Å². The number of piperidine rings is 1. The Morgan fingerprint density at radius 1 is 1.27 bits per heavy atom. The van der Waals surface area contributed by atoms with Gasteiger partial charge in [0.2, 0.25) is 20.0 Å². The van der Waals surface area contributed by atoms with Crippen molar-refractivity contribution in [1.29, 1.82) is 0 Å². The SMILES string of the molecule is CCS(=O)(=O)Nc1cc(OC)ccc1S(=O)(=O)N1CCCC(NC)C1.Cl. The van der Waals surface area contributed by atoms with Gasteiger partial charge in [0, 0.05) is 25.2 Å². The normalized spacial score (nSPS) is 18.8. The van der Waals surface area contributed by atoms with Crippen molar-refractivity contribution in [1.82, 2.24) is 9.62 Å². The number of benzene rings is 1. The van der Waals surface area contributed by atoms with E-state index >= 15 is 0 Å². The second-order valence-electron chi connectivity index (χ2n) is 5.86. The van der Waals surface area contributed by atoms with Crippen LogP contribution in [0.4, 0.5) is 5.69 Å². The molecule has 2 rings (SSSR count). The van der Waals surface area contributed by atoms with Gasteiger partial charge in [-0.25, -0.2) is 16.8 Å². The molecule has 0 amide bonds. The zero-order valence-electron chi connectivity index (χ0n) is 15.1. The molecule has 0 bridgehead atoms. The van der Waals surface area contributed by atoms with E-state index in [0.717, 1.165) is 12.8 Å². The fraction of sp³-hybridized carbons (Fsp3) is 0.600. The van der Waals surface area contributed by atoms with Gasteiger partial charge in [0.1, 0.15) is 10.6 Å². The maximum Gasteiger partial charge on any atom is 0.245 e. The number of anilines is 1. The Kier molecular flexibility index (Phi) is 8.15. The van der Waals surface area contributed by atoms with Crippen molar-refractivity contribution >= 4 is 38.1 Å². The van der Waals surface area contributed by atoms with Crippen molar-refractivity contribution in [2.45, 2.75) is 30.7 Å². The van der Waals surface area contributed by atoms with Crippen LogP contribution in [0.5, 0.6) is 5.75 Å². The molecular weight excluding hydrogens is 402 g/mol. The van der Waals surface area contributed by atoms with E-state index in [1.807, 2.05) is 0 Å². The number of hydrogen-bond donors (Lipinski definition) is 2. The summed E-state index contributed by atoms with van der Waals surface area (Å²) in [6.45, 7) is 2.25. The Balaban J connectivity index is 0.00000338. The molecule has 26 heavy (non-hydrogen) atoms. The molecule has 1 aromatic carbocycles. The van der Waals surface area contributed by atoms with Gasteiger partial charge in [-0.2, -0.15) is 4.31 Å². The summed E-state index contributed by atoms with van der Waals surface area (Å²) in [5.74, 6) is 0.217. The highest BCUT2D eigenvalue weighted by Crippen LogP contribution is 2.31. The van der Waals surface area contributed by atoms with Crippen LogP contribution < -0.4 is 14.8 Å². The number of nitrogens with zero attached hydrogens (tertiary/aromatic N) is 1. The number of hydrogen-bond acceptors (Lipinski definition) is 6. The summed E-state index contributed by atoms with van der Waals surface area (Å²) < 4.78 is 58.9. The third-order valence-electron chi connectivity index (χ3n) is 4.24. The molecular formula is C15H26ClN3O5S2. The second kappa shape index (κ2) is 9.23. The zero-order valence-corrected chi connectivity index (χ0v) is 17.5. The molecule has 0 radical (unpaired) electrons. The molecule has 11 heteroatoms. The molecule has 0 saturated carbocycles. The fourth-order valence-electron chi connectivity index (χ4n) is 2.72. The van der Waals surface area contributed by atoms with Crippen LogP contribution in [-0.2, 0) is 20.0 Å².